The fourth-order valence-electron chi connectivity index (χ4n) is 2.47. The molecule has 0 bridgehead atoms. The van der Waals surface area contributed by atoms with Crippen LogP contribution >= 0.6 is 11.6 Å². The molecule has 3 rings (SSSR count). The molecule has 0 radical (unpaired) electrons. The molecule has 0 aliphatic rings. The first kappa shape index (κ1) is 15.3. The zero-order valence-corrected chi connectivity index (χ0v) is 13.6. The van der Waals surface area contributed by atoms with Gasteiger partial charge in [-0.05, 0) is 48.7 Å². The first-order valence-electron chi connectivity index (χ1n) is 7.23. The van der Waals surface area contributed by atoms with Crippen LogP contribution in [0.2, 0.25) is 5.02 Å². The number of rotatable bonds is 3. The number of hydrogen-bond donors (Lipinski definition) is 2. The number of carbonyl (C=O) groups excluding carboxylic acids is 1. The topological polar surface area (TPSA) is 57.2 Å². The Kier molecular flexibility index (Phi) is 4.17. The Morgan fingerprint density at radius 2 is 2.00 bits per heavy atom. The molecule has 0 spiro atoms. The number of nitrogens with one attached hydrogen (secondary N) is 2. The Hall–Kier alpha value is -2.59. The maximum Gasteiger partial charge on any atom is 0.288 e. The second-order valence-electron chi connectivity index (χ2n) is 5.37. The van der Waals surface area contributed by atoms with Crippen molar-refractivity contribution < 1.29 is 4.79 Å². The van der Waals surface area contributed by atoms with Crippen LogP contribution in [0.4, 0.5) is 0 Å². The van der Waals surface area contributed by atoms with E-state index in [0.29, 0.717) is 10.7 Å². The fourth-order valence-corrected chi connectivity index (χ4v) is 2.65. The minimum atomic E-state index is -0.278. The van der Waals surface area contributed by atoms with Crippen LogP contribution in [0.1, 0.15) is 27.2 Å². The molecule has 1 amide bonds. The van der Waals surface area contributed by atoms with E-state index in [1.807, 2.05) is 50.2 Å². The molecule has 0 fully saturated rings. The molecule has 0 aliphatic carbocycles. The van der Waals surface area contributed by atoms with Crippen molar-refractivity contribution in [3.05, 3.63) is 69.9 Å². The summed E-state index contributed by atoms with van der Waals surface area (Å²) in [4.78, 5) is 15.4. The van der Waals surface area contributed by atoms with E-state index in [-0.39, 0.29) is 5.91 Å². The van der Waals surface area contributed by atoms with Crippen LogP contribution in [0.25, 0.3) is 10.9 Å². The normalized spacial score (nSPS) is 11.3. The Balaban J connectivity index is 1.81. The van der Waals surface area contributed by atoms with E-state index in [2.05, 4.69) is 15.5 Å². The van der Waals surface area contributed by atoms with Gasteiger partial charge in [0.25, 0.3) is 5.91 Å². The average Bonchev–Trinajstić information content (AvgIpc) is 2.86. The minimum absolute atomic E-state index is 0.278. The maximum atomic E-state index is 12.3. The van der Waals surface area contributed by atoms with Gasteiger partial charge in [-0.1, -0.05) is 35.9 Å². The third kappa shape index (κ3) is 3.12. The summed E-state index contributed by atoms with van der Waals surface area (Å²) in [6.45, 7) is 3.88. The van der Waals surface area contributed by atoms with Gasteiger partial charge in [0.15, 0.2) is 0 Å². The largest absolute Gasteiger partial charge is 0.350 e. The number of fused-ring (bicyclic) bond motifs is 1. The van der Waals surface area contributed by atoms with Gasteiger partial charge < -0.3 is 4.98 Å². The van der Waals surface area contributed by atoms with E-state index in [4.69, 9.17) is 11.6 Å². The highest BCUT2D eigenvalue weighted by Crippen LogP contribution is 2.24. The summed E-state index contributed by atoms with van der Waals surface area (Å²) in [5.74, 6) is -0.278. The number of halogens is 1. The van der Waals surface area contributed by atoms with E-state index in [9.17, 15) is 4.79 Å². The van der Waals surface area contributed by atoms with Gasteiger partial charge in [0.05, 0.1) is 6.21 Å². The smallest absolute Gasteiger partial charge is 0.288 e. The van der Waals surface area contributed by atoms with Crippen molar-refractivity contribution in [1.82, 2.24) is 10.4 Å². The summed E-state index contributed by atoms with van der Waals surface area (Å²) >= 11 is 6.01. The zero-order valence-electron chi connectivity index (χ0n) is 12.9. The molecule has 0 saturated carbocycles. The van der Waals surface area contributed by atoms with Crippen LogP contribution < -0.4 is 5.43 Å². The lowest BCUT2D eigenvalue weighted by atomic mass is 10.1. The summed E-state index contributed by atoms with van der Waals surface area (Å²) in [6.07, 6.45) is 1.64. The van der Waals surface area contributed by atoms with Crippen LogP contribution in [-0.2, 0) is 0 Å². The number of hydrogen-bond acceptors (Lipinski definition) is 2. The Morgan fingerprint density at radius 1 is 1.22 bits per heavy atom. The van der Waals surface area contributed by atoms with Crippen LogP contribution in [0.3, 0.4) is 0 Å². The molecule has 0 saturated heterocycles. The van der Waals surface area contributed by atoms with Crippen LogP contribution in [0.5, 0.6) is 0 Å². The Morgan fingerprint density at radius 3 is 2.78 bits per heavy atom. The number of nitrogens with zero attached hydrogens (tertiary/aromatic N) is 1. The van der Waals surface area contributed by atoms with Gasteiger partial charge in [0.1, 0.15) is 5.69 Å². The first-order chi connectivity index (χ1) is 11.1. The van der Waals surface area contributed by atoms with E-state index >= 15 is 0 Å². The van der Waals surface area contributed by atoms with Crippen molar-refractivity contribution in [3.8, 4) is 0 Å². The first-order valence-corrected chi connectivity index (χ1v) is 7.61. The summed E-state index contributed by atoms with van der Waals surface area (Å²) in [5.41, 5.74) is 6.84. The molecule has 2 aromatic carbocycles. The third-order valence-corrected chi connectivity index (χ3v) is 4.04. The van der Waals surface area contributed by atoms with E-state index in [1.165, 1.54) is 0 Å². The van der Waals surface area contributed by atoms with Crippen molar-refractivity contribution >= 4 is 34.6 Å². The van der Waals surface area contributed by atoms with Crippen LogP contribution in [0, 0.1) is 13.8 Å². The number of H-pyrrole nitrogens is 1. The quantitative estimate of drug-likeness (QED) is 0.550. The number of carbonyl (C=O) groups is 1. The zero-order chi connectivity index (χ0) is 16.4. The molecule has 0 atom stereocenters. The molecule has 2 N–H and O–H groups in total. The molecule has 5 heteroatoms. The third-order valence-electron chi connectivity index (χ3n) is 3.81. The molecule has 1 aromatic heterocycles. The summed E-state index contributed by atoms with van der Waals surface area (Å²) < 4.78 is 0. The van der Waals surface area contributed by atoms with Gasteiger partial charge in [-0.2, -0.15) is 5.10 Å². The second-order valence-corrected chi connectivity index (χ2v) is 5.81. The molecular weight excluding hydrogens is 310 g/mol. The lowest BCUT2D eigenvalue weighted by molar-refractivity contribution is 0.0950. The van der Waals surface area contributed by atoms with Crippen LogP contribution in [0.15, 0.2) is 47.6 Å². The Labute approximate surface area is 139 Å². The van der Waals surface area contributed by atoms with Gasteiger partial charge in [-0.25, -0.2) is 5.43 Å². The highest BCUT2D eigenvalue weighted by molar-refractivity contribution is 6.31. The highest BCUT2D eigenvalue weighted by Gasteiger charge is 2.14. The highest BCUT2D eigenvalue weighted by atomic mass is 35.5. The standard InChI is InChI=1S/C18H16ClN3O/c1-11-5-3-4-6-13(11)10-20-22-18(23)17-12(2)15-9-14(19)7-8-16(15)21-17/h3-10,21H,1-2H3,(H,22,23). The summed E-state index contributed by atoms with van der Waals surface area (Å²) in [7, 11) is 0. The minimum Gasteiger partial charge on any atom is -0.350 e. The summed E-state index contributed by atoms with van der Waals surface area (Å²) in [5, 5.41) is 5.62. The lowest BCUT2D eigenvalue weighted by Gasteiger charge is -2.00. The van der Waals surface area contributed by atoms with Gasteiger partial charge in [0.2, 0.25) is 0 Å². The lowest BCUT2D eigenvalue weighted by Crippen LogP contribution is -2.19. The predicted molar refractivity (Wildman–Crippen MR) is 94.3 cm³/mol. The van der Waals surface area contributed by atoms with Crippen molar-refractivity contribution in [2.75, 3.05) is 0 Å². The molecule has 0 unspecified atom stereocenters. The number of hydrazone groups is 1. The van der Waals surface area contributed by atoms with Crippen molar-refractivity contribution in [2.24, 2.45) is 5.10 Å². The summed E-state index contributed by atoms with van der Waals surface area (Å²) in [6, 6.07) is 13.3. The van der Waals surface area contributed by atoms with Gasteiger partial charge in [-0.15, -0.1) is 0 Å². The van der Waals surface area contributed by atoms with Gasteiger partial charge >= 0.3 is 0 Å². The average molecular weight is 326 g/mol. The number of benzene rings is 2. The molecule has 23 heavy (non-hydrogen) atoms. The number of aromatic nitrogens is 1. The number of aromatic amines is 1. The van der Waals surface area contributed by atoms with Crippen molar-refractivity contribution in [2.45, 2.75) is 13.8 Å². The van der Waals surface area contributed by atoms with Crippen molar-refractivity contribution in [1.29, 1.82) is 0 Å². The molecule has 0 aliphatic heterocycles. The second kappa shape index (κ2) is 6.26. The molecule has 4 nitrogen and oxygen atoms in total. The predicted octanol–water partition coefficient (Wildman–Crippen LogP) is 4.20. The molecular formula is C18H16ClN3O. The van der Waals surface area contributed by atoms with Crippen molar-refractivity contribution in [3.63, 3.8) is 0 Å². The van der Waals surface area contributed by atoms with Gasteiger partial charge in [0, 0.05) is 15.9 Å². The number of amides is 1. The maximum absolute atomic E-state index is 12.3. The Bertz CT molecular complexity index is 912. The fraction of sp³-hybridized carbons (Fsp3) is 0.111. The van der Waals surface area contributed by atoms with E-state index in [1.54, 1.807) is 12.3 Å². The molecule has 3 aromatic rings. The van der Waals surface area contributed by atoms with E-state index in [0.717, 1.165) is 27.6 Å². The monoisotopic (exact) mass is 325 g/mol. The SMILES string of the molecule is Cc1ccccc1C=NNC(=O)c1[nH]c2ccc(Cl)cc2c1C. The van der Waals surface area contributed by atoms with Gasteiger partial charge in [-0.3, -0.25) is 4.79 Å². The van der Waals surface area contributed by atoms with E-state index < -0.39 is 0 Å². The molecule has 1 heterocycles. The van der Waals surface area contributed by atoms with Crippen LogP contribution in [-0.4, -0.2) is 17.1 Å². The molecule has 116 valence electrons. The number of aryl methyl sites for hydroxylation is 2.